The zero-order chi connectivity index (χ0) is 9.42. The summed E-state index contributed by atoms with van der Waals surface area (Å²) in [7, 11) is 0. The number of hydrogen-bond acceptors (Lipinski definition) is 1. The number of fused-ring (bicyclic) bond motifs is 1. The molecule has 2 heteroatoms. The zero-order valence-corrected chi connectivity index (χ0v) is 7.72. The highest BCUT2D eigenvalue weighted by Crippen LogP contribution is 2.09. The molecule has 0 amide bonds. The van der Waals surface area contributed by atoms with Gasteiger partial charge in [0.2, 0.25) is 0 Å². The molecular formula is C11H11NO. The predicted octanol–water partition coefficient (Wildman–Crippen LogP) is 2.14. The molecule has 0 spiro atoms. The van der Waals surface area contributed by atoms with Gasteiger partial charge in [-0.2, -0.15) is 0 Å². The van der Waals surface area contributed by atoms with Gasteiger partial charge in [-0.15, -0.1) is 0 Å². The van der Waals surface area contributed by atoms with Crippen LogP contribution in [-0.2, 0) is 0 Å². The molecule has 0 bridgehead atoms. The first-order valence-corrected chi connectivity index (χ1v) is 4.27. The van der Waals surface area contributed by atoms with Gasteiger partial charge >= 0.3 is 0 Å². The van der Waals surface area contributed by atoms with Crippen molar-refractivity contribution < 1.29 is 0 Å². The standard InChI is InChI=1S/C11H11NO/c1-7-3-4-9-10(5-7)12-8(2)6-11(9)13/h3-6H,1-2H3,(H,12,13). The lowest BCUT2D eigenvalue weighted by atomic mass is 10.1. The second kappa shape index (κ2) is 2.73. The highest BCUT2D eigenvalue weighted by Gasteiger charge is 1.98. The first-order valence-electron chi connectivity index (χ1n) is 4.27. The number of benzene rings is 1. The van der Waals surface area contributed by atoms with E-state index in [-0.39, 0.29) is 5.43 Å². The van der Waals surface area contributed by atoms with Crippen LogP contribution in [0.25, 0.3) is 10.9 Å². The van der Waals surface area contributed by atoms with Gasteiger partial charge in [-0.05, 0) is 31.5 Å². The van der Waals surface area contributed by atoms with Crippen molar-refractivity contribution in [2.45, 2.75) is 13.8 Å². The van der Waals surface area contributed by atoms with Crippen molar-refractivity contribution in [1.82, 2.24) is 4.98 Å². The van der Waals surface area contributed by atoms with Crippen LogP contribution in [0, 0.1) is 13.8 Å². The molecule has 2 aromatic rings. The Labute approximate surface area is 76.2 Å². The van der Waals surface area contributed by atoms with Gasteiger partial charge in [0.15, 0.2) is 5.43 Å². The van der Waals surface area contributed by atoms with Crippen LogP contribution in [0.4, 0.5) is 0 Å². The third kappa shape index (κ3) is 1.35. The maximum atomic E-state index is 11.5. The van der Waals surface area contributed by atoms with E-state index in [1.807, 2.05) is 32.0 Å². The number of nitrogens with one attached hydrogen (secondary N) is 1. The summed E-state index contributed by atoms with van der Waals surface area (Å²) in [4.78, 5) is 14.7. The van der Waals surface area contributed by atoms with Crippen LogP contribution in [0.2, 0.25) is 0 Å². The summed E-state index contributed by atoms with van der Waals surface area (Å²) in [6, 6.07) is 7.43. The van der Waals surface area contributed by atoms with Gasteiger partial charge in [0.05, 0.1) is 0 Å². The van der Waals surface area contributed by atoms with E-state index < -0.39 is 0 Å². The summed E-state index contributed by atoms with van der Waals surface area (Å²) in [6.07, 6.45) is 0. The van der Waals surface area contributed by atoms with Crippen LogP contribution in [0.1, 0.15) is 11.3 Å². The molecule has 1 N–H and O–H groups in total. The molecule has 0 radical (unpaired) electrons. The lowest BCUT2D eigenvalue weighted by molar-refractivity contribution is 1.24. The van der Waals surface area contributed by atoms with E-state index in [9.17, 15) is 4.79 Å². The van der Waals surface area contributed by atoms with Crippen LogP contribution >= 0.6 is 0 Å². The summed E-state index contributed by atoms with van der Waals surface area (Å²) in [5.41, 5.74) is 3.08. The van der Waals surface area contributed by atoms with Gasteiger partial charge in [0, 0.05) is 22.7 Å². The smallest absolute Gasteiger partial charge is 0.189 e. The fourth-order valence-corrected chi connectivity index (χ4v) is 1.50. The molecular weight excluding hydrogens is 162 g/mol. The first-order chi connectivity index (χ1) is 6.16. The summed E-state index contributed by atoms with van der Waals surface area (Å²) in [5.74, 6) is 0. The minimum Gasteiger partial charge on any atom is -0.358 e. The highest BCUT2D eigenvalue weighted by molar-refractivity contribution is 5.79. The molecule has 0 fully saturated rings. The Morgan fingerprint density at radius 2 is 1.92 bits per heavy atom. The Balaban J connectivity index is 2.95. The second-order valence-electron chi connectivity index (χ2n) is 3.37. The fraction of sp³-hybridized carbons (Fsp3) is 0.182. The Bertz CT molecular complexity index is 506. The maximum absolute atomic E-state index is 11.5. The molecule has 2 rings (SSSR count). The normalized spacial score (nSPS) is 10.6. The second-order valence-corrected chi connectivity index (χ2v) is 3.37. The molecule has 1 aromatic heterocycles. The monoisotopic (exact) mass is 173 g/mol. The fourth-order valence-electron chi connectivity index (χ4n) is 1.50. The van der Waals surface area contributed by atoms with Crippen LogP contribution in [0.3, 0.4) is 0 Å². The lowest BCUT2D eigenvalue weighted by Gasteiger charge is -2.00. The molecule has 13 heavy (non-hydrogen) atoms. The number of H-pyrrole nitrogens is 1. The number of aromatic nitrogens is 1. The minimum atomic E-state index is 0.0891. The van der Waals surface area contributed by atoms with Gasteiger partial charge in [-0.3, -0.25) is 4.79 Å². The summed E-state index contributed by atoms with van der Waals surface area (Å²) in [5, 5.41) is 0.760. The summed E-state index contributed by atoms with van der Waals surface area (Å²) >= 11 is 0. The van der Waals surface area contributed by atoms with Gasteiger partial charge in [0.25, 0.3) is 0 Å². The Hall–Kier alpha value is -1.57. The van der Waals surface area contributed by atoms with Crippen LogP contribution < -0.4 is 5.43 Å². The number of aromatic amines is 1. The molecule has 0 saturated heterocycles. The van der Waals surface area contributed by atoms with Crippen molar-refractivity contribution in [2.75, 3.05) is 0 Å². The number of aryl methyl sites for hydroxylation is 2. The van der Waals surface area contributed by atoms with Crippen molar-refractivity contribution in [2.24, 2.45) is 0 Å². The molecule has 1 aromatic carbocycles. The Kier molecular flexibility index (Phi) is 1.69. The molecule has 0 aliphatic heterocycles. The predicted molar refractivity (Wildman–Crippen MR) is 54.0 cm³/mol. The average molecular weight is 173 g/mol. The highest BCUT2D eigenvalue weighted by atomic mass is 16.1. The largest absolute Gasteiger partial charge is 0.358 e. The van der Waals surface area contributed by atoms with Crippen molar-refractivity contribution in [3.05, 3.63) is 45.7 Å². The van der Waals surface area contributed by atoms with Gasteiger partial charge in [0.1, 0.15) is 0 Å². The van der Waals surface area contributed by atoms with Crippen LogP contribution in [0.15, 0.2) is 29.1 Å². The Morgan fingerprint density at radius 3 is 2.69 bits per heavy atom. The molecule has 0 atom stereocenters. The van der Waals surface area contributed by atoms with Crippen LogP contribution in [-0.4, -0.2) is 4.98 Å². The van der Waals surface area contributed by atoms with E-state index in [0.717, 1.165) is 22.2 Å². The van der Waals surface area contributed by atoms with E-state index in [2.05, 4.69) is 4.98 Å². The van der Waals surface area contributed by atoms with E-state index in [0.29, 0.717) is 0 Å². The first kappa shape index (κ1) is 8.05. The number of pyridine rings is 1. The summed E-state index contributed by atoms with van der Waals surface area (Å²) in [6.45, 7) is 3.91. The van der Waals surface area contributed by atoms with E-state index in [4.69, 9.17) is 0 Å². The van der Waals surface area contributed by atoms with Crippen molar-refractivity contribution in [3.63, 3.8) is 0 Å². The third-order valence-corrected chi connectivity index (χ3v) is 2.12. The number of hydrogen-bond donors (Lipinski definition) is 1. The molecule has 1 heterocycles. The van der Waals surface area contributed by atoms with Gasteiger partial charge in [-0.25, -0.2) is 0 Å². The van der Waals surface area contributed by atoms with Crippen molar-refractivity contribution in [3.8, 4) is 0 Å². The lowest BCUT2D eigenvalue weighted by Crippen LogP contribution is -2.02. The van der Waals surface area contributed by atoms with Gasteiger partial charge in [-0.1, -0.05) is 6.07 Å². The summed E-state index contributed by atoms with van der Waals surface area (Å²) < 4.78 is 0. The minimum absolute atomic E-state index is 0.0891. The van der Waals surface area contributed by atoms with E-state index in [1.54, 1.807) is 6.07 Å². The van der Waals surface area contributed by atoms with Crippen molar-refractivity contribution >= 4 is 10.9 Å². The SMILES string of the molecule is Cc1ccc2c(=O)cc(C)[nH]c2c1. The molecule has 0 aliphatic carbocycles. The van der Waals surface area contributed by atoms with E-state index >= 15 is 0 Å². The zero-order valence-electron chi connectivity index (χ0n) is 7.72. The van der Waals surface area contributed by atoms with Gasteiger partial charge < -0.3 is 4.98 Å². The molecule has 0 saturated carbocycles. The average Bonchev–Trinajstić information content (AvgIpc) is 2.02. The third-order valence-electron chi connectivity index (χ3n) is 2.12. The van der Waals surface area contributed by atoms with Crippen molar-refractivity contribution in [1.29, 1.82) is 0 Å². The molecule has 66 valence electrons. The Morgan fingerprint density at radius 1 is 1.15 bits per heavy atom. The molecule has 0 aliphatic rings. The van der Waals surface area contributed by atoms with E-state index in [1.165, 1.54) is 0 Å². The molecule has 0 unspecified atom stereocenters. The number of rotatable bonds is 0. The topological polar surface area (TPSA) is 32.9 Å². The maximum Gasteiger partial charge on any atom is 0.189 e. The van der Waals surface area contributed by atoms with Crippen LogP contribution in [0.5, 0.6) is 0 Å². The molecule has 2 nitrogen and oxygen atoms in total. The quantitative estimate of drug-likeness (QED) is 0.650.